The van der Waals surface area contributed by atoms with E-state index in [9.17, 15) is 9.18 Å². The Kier molecular flexibility index (Phi) is 5.05. The lowest BCUT2D eigenvalue weighted by atomic mass is 10.1. The summed E-state index contributed by atoms with van der Waals surface area (Å²) >= 11 is 6.05. The third kappa shape index (κ3) is 3.70. The van der Waals surface area contributed by atoms with E-state index in [0.717, 1.165) is 31.5 Å². The van der Waals surface area contributed by atoms with E-state index in [1.165, 1.54) is 12.5 Å². The van der Waals surface area contributed by atoms with Gasteiger partial charge in [0.2, 0.25) is 0 Å². The fourth-order valence-electron chi connectivity index (χ4n) is 2.91. The first-order valence-corrected chi connectivity index (χ1v) is 8.54. The van der Waals surface area contributed by atoms with Crippen LogP contribution in [0.5, 0.6) is 0 Å². The molecule has 0 aromatic heterocycles. The molecule has 1 fully saturated rings. The maximum absolute atomic E-state index is 14.4. The minimum Gasteiger partial charge on any atom is -0.369 e. The molecular formula is C19H20ClFN2O. The van der Waals surface area contributed by atoms with E-state index in [4.69, 9.17) is 11.6 Å². The number of piperidine rings is 1. The molecule has 24 heavy (non-hydrogen) atoms. The minimum atomic E-state index is -0.309. The van der Waals surface area contributed by atoms with Crippen molar-refractivity contribution in [3.8, 4) is 0 Å². The van der Waals surface area contributed by atoms with Gasteiger partial charge in [-0.25, -0.2) is 4.39 Å². The second kappa shape index (κ2) is 7.22. The summed E-state index contributed by atoms with van der Waals surface area (Å²) in [7, 11) is 0. The lowest BCUT2D eigenvalue weighted by Crippen LogP contribution is -2.30. The quantitative estimate of drug-likeness (QED) is 0.845. The van der Waals surface area contributed by atoms with Crippen LogP contribution in [0.3, 0.4) is 0 Å². The van der Waals surface area contributed by atoms with Gasteiger partial charge in [0.05, 0.1) is 5.69 Å². The summed E-state index contributed by atoms with van der Waals surface area (Å²) in [5.41, 5.74) is 2.40. The summed E-state index contributed by atoms with van der Waals surface area (Å²) in [5.74, 6) is -0.612. The van der Waals surface area contributed by atoms with Crippen molar-refractivity contribution >= 4 is 28.9 Å². The number of rotatable bonds is 3. The zero-order valence-corrected chi connectivity index (χ0v) is 14.4. The van der Waals surface area contributed by atoms with Crippen LogP contribution in [-0.4, -0.2) is 19.0 Å². The fourth-order valence-corrected chi connectivity index (χ4v) is 3.09. The van der Waals surface area contributed by atoms with Gasteiger partial charge in [-0.3, -0.25) is 4.79 Å². The van der Waals surface area contributed by atoms with E-state index in [-0.39, 0.29) is 11.7 Å². The molecule has 0 aliphatic carbocycles. The predicted molar refractivity (Wildman–Crippen MR) is 96.6 cm³/mol. The first-order valence-electron chi connectivity index (χ1n) is 8.16. The molecule has 5 heteroatoms. The number of hydrogen-bond acceptors (Lipinski definition) is 2. The molecule has 1 amide bonds. The van der Waals surface area contributed by atoms with E-state index in [0.29, 0.717) is 22.0 Å². The topological polar surface area (TPSA) is 32.3 Å². The van der Waals surface area contributed by atoms with Gasteiger partial charge in [0, 0.05) is 29.4 Å². The maximum atomic E-state index is 14.4. The number of carbonyl (C=O) groups is 1. The summed E-state index contributed by atoms with van der Waals surface area (Å²) in [4.78, 5) is 14.3. The summed E-state index contributed by atoms with van der Waals surface area (Å²) < 4.78 is 14.4. The number of benzene rings is 2. The highest BCUT2D eigenvalue weighted by molar-refractivity contribution is 6.31. The van der Waals surface area contributed by atoms with E-state index in [2.05, 4.69) is 10.2 Å². The second-order valence-electron chi connectivity index (χ2n) is 6.13. The predicted octanol–water partition coefficient (Wildman–Crippen LogP) is 5.03. The van der Waals surface area contributed by atoms with Crippen LogP contribution in [0, 0.1) is 12.7 Å². The first-order chi connectivity index (χ1) is 11.5. The van der Waals surface area contributed by atoms with E-state index >= 15 is 0 Å². The van der Waals surface area contributed by atoms with Crippen LogP contribution in [-0.2, 0) is 0 Å². The van der Waals surface area contributed by atoms with Crippen molar-refractivity contribution in [2.75, 3.05) is 23.3 Å². The van der Waals surface area contributed by atoms with Crippen LogP contribution in [0.25, 0.3) is 0 Å². The molecule has 0 atom stereocenters. The SMILES string of the molecule is Cc1ccc(C(=O)Nc2ccc(N3CCCCC3)c(F)c2)cc1Cl. The van der Waals surface area contributed by atoms with Crippen LogP contribution in [0.2, 0.25) is 5.02 Å². The summed E-state index contributed by atoms with van der Waals surface area (Å²) in [6.07, 6.45) is 3.38. The highest BCUT2D eigenvalue weighted by atomic mass is 35.5. The van der Waals surface area contributed by atoms with Crippen LogP contribution in [0.4, 0.5) is 15.8 Å². The number of amides is 1. The van der Waals surface area contributed by atoms with Gasteiger partial charge >= 0.3 is 0 Å². The number of carbonyl (C=O) groups excluding carboxylic acids is 1. The maximum Gasteiger partial charge on any atom is 0.255 e. The van der Waals surface area contributed by atoms with Gasteiger partial charge in [-0.05, 0) is 62.1 Å². The smallest absolute Gasteiger partial charge is 0.255 e. The van der Waals surface area contributed by atoms with Crippen molar-refractivity contribution in [2.24, 2.45) is 0 Å². The van der Waals surface area contributed by atoms with Crippen molar-refractivity contribution in [3.05, 3.63) is 58.4 Å². The second-order valence-corrected chi connectivity index (χ2v) is 6.54. The molecule has 126 valence electrons. The molecule has 1 N–H and O–H groups in total. The molecule has 0 bridgehead atoms. The third-order valence-corrected chi connectivity index (χ3v) is 4.74. The summed E-state index contributed by atoms with van der Waals surface area (Å²) in [5, 5.41) is 3.26. The van der Waals surface area contributed by atoms with Crippen LogP contribution in [0.1, 0.15) is 35.2 Å². The molecule has 2 aromatic rings. The number of anilines is 2. The Morgan fingerprint density at radius 2 is 1.88 bits per heavy atom. The van der Waals surface area contributed by atoms with Gasteiger partial charge < -0.3 is 10.2 Å². The Morgan fingerprint density at radius 3 is 2.54 bits per heavy atom. The standard InChI is InChI=1S/C19H20ClFN2O/c1-13-5-6-14(11-16(13)20)19(24)22-15-7-8-18(17(21)12-15)23-9-3-2-4-10-23/h5-8,11-12H,2-4,9-10H2,1H3,(H,22,24). The molecule has 1 aliphatic rings. The van der Waals surface area contributed by atoms with Crippen LogP contribution < -0.4 is 10.2 Å². The van der Waals surface area contributed by atoms with Gasteiger partial charge in [-0.2, -0.15) is 0 Å². The number of nitrogens with one attached hydrogen (secondary N) is 1. The Balaban J connectivity index is 1.74. The lowest BCUT2D eigenvalue weighted by Gasteiger charge is -2.29. The van der Waals surface area contributed by atoms with Crippen molar-refractivity contribution in [3.63, 3.8) is 0 Å². The van der Waals surface area contributed by atoms with E-state index < -0.39 is 0 Å². The summed E-state index contributed by atoms with van der Waals surface area (Å²) in [6, 6.07) is 9.95. The molecule has 3 nitrogen and oxygen atoms in total. The monoisotopic (exact) mass is 346 g/mol. The molecule has 3 rings (SSSR count). The van der Waals surface area contributed by atoms with Crippen molar-refractivity contribution < 1.29 is 9.18 Å². The van der Waals surface area contributed by atoms with Gasteiger partial charge in [0.15, 0.2) is 0 Å². The highest BCUT2D eigenvalue weighted by Gasteiger charge is 2.16. The zero-order valence-electron chi connectivity index (χ0n) is 13.6. The number of halogens is 2. The molecule has 0 unspecified atom stereocenters. The molecule has 1 aliphatic heterocycles. The molecule has 2 aromatic carbocycles. The van der Waals surface area contributed by atoms with Gasteiger partial charge in [0.1, 0.15) is 5.82 Å². The van der Waals surface area contributed by atoms with Crippen molar-refractivity contribution in [1.29, 1.82) is 0 Å². The number of aryl methyl sites for hydroxylation is 1. The average Bonchev–Trinajstić information content (AvgIpc) is 2.58. The summed E-state index contributed by atoms with van der Waals surface area (Å²) in [6.45, 7) is 3.63. The van der Waals surface area contributed by atoms with Crippen molar-refractivity contribution in [2.45, 2.75) is 26.2 Å². The van der Waals surface area contributed by atoms with Crippen LogP contribution >= 0.6 is 11.6 Å². The Labute approximate surface area is 146 Å². The number of hydrogen-bond donors (Lipinski definition) is 1. The molecule has 1 saturated heterocycles. The Bertz CT molecular complexity index is 757. The van der Waals surface area contributed by atoms with Gasteiger partial charge in [-0.1, -0.05) is 17.7 Å². The average molecular weight is 347 g/mol. The number of nitrogens with zero attached hydrogens (tertiary/aromatic N) is 1. The molecular weight excluding hydrogens is 327 g/mol. The first kappa shape index (κ1) is 16.8. The minimum absolute atomic E-state index is 0.304. The third-order valence-electron chi connectivity index (χ3n) is 4.34. The van der Waals surface area contributed by atoms with E-state index in [1.807, 2.05) is 6.92 Å². The molecule has 0 spiro atoms. The van der Waals surface area contributed by atoms with Crippen LogP contribution in [0.15, 0.2) is 36.4 Å². The van der Waals surface area contributed by atoms with Gasteiger partial charge in [0.25, 0.3) is 5.91 Å². The lowest BCUT2D eigenvalue weighted by molar-refractivity contribution is 0.102. The van der Waals surface area contributed by atoms with Gasteiger partial charge in [-0.15, -0.1) is 0 Å². The molecule has 1 heterocycles. The fraction of sp³-hybridized carbons (Fsp3) is 0.316. The molecule has 0 saturated carbocycles. The Hall–Kier alpha value is -2.07. The molecule has 0 radical (unpaired) electrons. The largest absolute Gasteiger partial charge is 0.369 e. The zero-order chi connectivity index (χ0) is 17.1. The Morgan fingerprint density at radius 1 is 1.12 bits per heavy atom. The highest BCUT2D eigenvalue weighted by Crippen LogP contribution is 2.26. The van der Waals surface area contributed by atoms with E-state index in [1.54, 1.807) is 30.3 Å². The van der Waals surface area contributed by atoms with Crippen molar-refractivity contribution in [1.82, 2.24) is 0 Å². The normalized spacial score (nSPS) is 14.5.